The van der Waals surface area contributed by atoms with Crippen molar-refractivity contribution < 1.29 is 4.79 Å². The Kier molecular flexibility index (Phi) is 2.24. The number of hydrogen-bond donors (Lipinski definition) is 0. The largest absolute Gasteiger partial charge is 0.299 e. The molecule has 2 fully saturated rings. The van der Waals surface area contributed by atoms with Crippen LogP contribution in [-0.4, -0.2) is 5.78 Å². The monoisotopic (exact) mass is 194 g/mol. The van der Waals surface area contributed by atoms with Gasteiger partial charge in [0, 0.05) is 12.3 Å². The van der Waals surface area contributed by atoms with Crippen molar-refractivity contribution in [3.63, 3.8) is 0 Å². The molecule has 14 heavy (non-hydrogen) atoms. The Morgan fingerprint density at radius 1 is 1.29 bits per heavy atom. The zero-order chi connectivity index (χ0) is 10.4. The van der Waals surface area contributed by atoms with E-state index in [2.05, 4.69) is 20.8 Å². The van der Waals surface area contributed by atoms with E-state index in [9.17, 15) is 4.79 Å². The van der Waals surface area contributed by atoms with Crippen molar-refractivity contribution in [3.05, 3.63) is 0 Å². The van der Waals surface area contributed by atoms with Crippen molar-refractivity contribution >= 4 is 5.78 Å². The molecule has 0 radical (unpaired) electrons. The molecule has 0 aromatic rings. The fraction of sp³-hybridized carbons (Fsp3) is 0.923. The lowest BCUT2D eigenvalue weighted by atomic mass is 9.72. The fourth-order valence-electron chi connectivity index (χ4n) is 2.89. The van der Waals surface area contributed by atoms with Crippen molar-refractivity contribution in [3.8, 4) is 0 Å². The first-order chi connectivity index (χ1) is 6.40. The smallest absolute Gasteiger partial charge is 0.136 e. The summed E-state index contributed by atoms with van der Waals surface area (Å²) in [4.78, 5) is 11.8. The Morgan fingerprint density at radius 2 is 1.93 bits per heavy atom. The van der Waals surface area contributed by atoms with Gasteiger partial charge < -0.3 is 0 Å². The third-order valence-corrected chi connectivity index (χ3v) is 3.85. The van der Waals surface area contributed by atoms with Gasteiger partial charge >= 0.3 is 0 Å². The third kappa shape index (κ3) is 2.18. The van der Waals surface area contributed by atoms with Gasteiger partial charge in [-0.15, -0.1) is 0 Å². The molecule has 0 bridgehead atoms. The van der Waals surface area contributed by atoms with Crippen molar-refractivity contribution in [2.24, 2.45) is 16.7 Å². The highest BCUT2D eigenvalue weighted by Crippen LogP contribution is 2.57. The minimum absolute atomic E-state index is 0.313. The normalized spacial score (nSPS) is 30.8. The molecule has 1 heteroatoms. The van der Waals surface area contributed by atoms with Crippen LogP contribution in [0.25, 0.3) is 0 Å². The predicted octanol–water partition coefficient (Wildman–Crippen LogP) is 3.57. The molecule has 0 aromatic heterocycles. The number of ketones is 1. The SMILES string of the molecule is CC(C)(C)CC1CC2(CCC1=O)CC2. The van der Waals surface area contributed by atoms with Crippen LogP contribution in [0.15, 0.2) is 0 Å². The lowest BCUT2D eigenvalue weighted by Crippen LogP contribution is -2.29. The molecule has 80 valence electrons. The summed E-state index contributed by atoms with van der Waals surface area (Å²) in [5.74, 6) is 0.920. The van der Waals surface area contributed by atoms with E-state index in [0.717, 1.165) is 12.8 Å². The van der Waals surface area contributed by atoms with Gasteiger partial charge in [0.05, 0.1) is 0 Å². The zero-order valence-corrected chi connectivity index (χ0v) is 9.73. The van der Waals surface area contributed by atoms with Crippen LogP contribution in [0.4, 0.5) is 0 Å². The second-order valence-corrected chi connectivity index (χ2v) is 6.63. The van der Waals surface area contributed by atoms with Gasteiger partial charge in [-0.2, -0.15) is 0 Å². The lowest BCUT2D eigenvalue weighted by molar-refractivity contribution is -0.127. The molecule has 0 aromatic carbocycles. The Hall–Kier alpha value is -0.330. The number of carbonyl (C=O) groups is 1. The van der Waals surface area contributed by atoms with Crippen LogP contribution < -0.4 is 0 Å². The Balaban J connectivity index is 1.98. The summed E-state index contributed by atoms with van der Waals surface area (Å²) >= 11 is 0. The van der Waals surface area contributed by atoms with E-state index >= 15 is 0 Å². The van der Waals surface area contributed by atoms with E-state index in [1.807, 2.05) is 0 Å². The molecule has 1 spiro atoms. The van der Waals surface area contributed by atoms with Gasteiger partial charge in [-0.25, -0.2) is 0 Å². The average Bonchev–Trinajstić information content (AvgIpc) is 2.76. The minimum Gasteiger partial charge on any atom is -0.299 e. The van der Waals surface area contributed by atoms with Crippen LogP contribution in [-0.2, 0) is 4.79 Å². The summed E-state index contributed by atoms with van der Waals surface area (Å²) < 4.78 is 0. The molecule has 0 amide bonds. The highest BCUT2D eigenvalue weighted by Gasteiger charge is 2.48. The molecule has 2 rings (SSSR count). The van der Waals surface area contributed by atoms with E-state index in [1.165, 1.54) is 25.7 Å². The highest BCUT2D eigenvalue weighted by atomic mass is 16.1. The molecule has 0 heterocycles. The predicted molar refractivity (Wildman–Crippen MR) is 58.1 cm³/mol. The third-order valence-electron chi connectivity index (χ3n) is 3.85. The van der Waals surface area contributed by atoms with Crippen molar-refractivity contribution in [1.29, 1.82) is 0 Å². The van der Waals surface area contributed by atoms with Gasteiger partial charge in [0.25, 0.3) is 0 Å². The number of carbonyl (C=O) groups excluding carboxylic acids is 1. The van der Waals surface area contributed by atoms with Crippen LogP contribution in [0.2, 0.25) is 0 Å². The number of rotatable bonds is 1. The van der Waals surface area contributed by atoms with Crippen molar-refractivity contribution in [2.45, 2.75) is 59.3 Å². The second-order valence-electron chi connectivity index (χ2n) is 6.63. The molecule has 2 aliphatic rings. The maximum absolute atomic E-state index is 11.8. The van der Waals surface area contributed by atoms with E-state index in [4.69, 9.17) is 0 Å². The quantitative estimate of drug-likeness (QED) is 0.623. The summed E-state index contributed by atoms with van der Waals surface area (Å²) in [7, 11) is 0. The van der Waals surface area contributed by atoms with Crippen LogP contribution in [0.5, 0.6) is 0 Å². The standard InChI is InChI=1S/C13H22O/c1-12(2,3)8-10-9-13(6-7-13)5-4-11(10)14/h10H,4-9H2,1-3H3. The van der Waals surface area contributed by atoms with Gasteiger partial charge in [0.15, 0.2) is 0 Å². The molecule has 1 nitrogen and oxygen atoms in total. The molecule has 0 saturated heterocycles. The molecule has 0 N–H and O–H groups in total. The van der Waals surface area contributed by atoms with Crippen LogP contribution >= 0.6 is 0 Å². The summed E-state index contributed by atoms with van der Waals surface area (Å²) in [5, 5.41) is 0. The molecule has 0 aliphatic heterocycles. The van der Waals surface area contributed by atoms with Crippen LogP contribution in [0, 0.1) is 16.7 Å². The Bertz CT molecular complexity index is 240. The zero-order valence-electron chi connectivity index (χ0n) is 9.73. The van der Waals surface area contributed by atoms with Gasteiger partial charge in [-0.3, -0.25) is 4.79 Å². The van der Waals surface area contributed by atoms with Crippen molar-refractivity contribution in [2.75, 3.05) is 0 Å². The minimum atomic E-state index is 0.313. The van der Waals surface area contributed by atoms with E-state index < -0.39 is 0 Å². The van der Waals surface area contributed by atoms with E-state index in [-0.39, 0.29) is 0 Å². The average molecular weight is 194 g/mol. The first-order valence-electron chi connectivity index (χ1n) is 5.93. The molecular formula is C13H22O. The Morgan fingerprint density at radius 3 is 2.43 bits per heavy atom. The van der Waals surface area contributed by atoms with Gasteiger partial charge in [0.1, 0.15) is 5.78 Å². The fourth-order valence-corrected chi connectivity index (χ4v) is 2.89. The lowest BCUT2D eigenvalue weighted by Gasteiger charge is -2.32. The number of Topliss-reactive ketones (excluding diaryl/α,β-unsaturated/α-hetero) is 1. The van der Waals surface area contributed by atoms with Gasteiger partial charge in [0.2, 0.25) is 0 Å². The summed E-state index contributed by atoms with van der Waals surface area (Å²) in [6.45, 7) is 6.73. The first-order valence-corrected chi connectivity index (χ1v) is 5.93. The van der Waals surface area contributed by atoms with Crippen LogP contribution in [0.3, 0.4) is 0 Å². The molecular weight excluding hydrogens is 172 g/mol. The van der Waals surface area contributed by atoms with E-state index in [0.29, 0.717) is 22.5 Å². The summed E-state index contributed by atoms with van der Waals surface area (Å²) in [6.07, 6.45) is 7.12. The van der Waals surface area contributed by atoms with Gasteiger partial charge in [-0.1, -0.05) is 20.8 Å². The molecule has 2 aliphatic carbocycles. The van der Waals surface area contributed by atoms with Crippen LogP contribution in [0.1, 0.15) is 59.3 Å². The summed E-state index contributed by atoms with van der Waals surface area (Å²) in [6, 6.07) is 0. The van der Waals surface area contributed by atoms with Crippen molar-refractivity contribution in [1.82, 2.24) is 0 Å². The molecule has 1 unspecified atom stereocenters. The highest BCUT2D eigenvalue weighted by molar-refractivity contribution is 5.82. The van der Waals surface area contributed by atoms with Gasteiger partial charge in [-0.05, 0) is 42.9 Å². The maximum atomic E-state index is 11.8. The molecule has 2 saturated carbocycles. The van der Waals surface area contributed by atoms with E-state index in [1.54, 1.807) is 0 Å². The summed E-state index contributed by atoms with van der Waals surface area (Å²) in [5.41, 5.74) is 0.942. The Labute approximate surface area is 87.3 Å². The maximum Gasteiger partial charge on any atom is 0.136 e. The number of hydrogen-bond acceptors (Lipinski definition) is 1. The topological polar surface area (TPSA) is 17.1 Å². The second kappa shape index (κ2) is 3.08. The first kappa shape index (κ1) is 10.2. The molecule has 1 atom stereocenters.